The van der Waals surface area contributed by atoms with E-state index in [1.807, 2.05) is 6.92 Å². The number of nitrogens with two attached hydrogens (primary N) is 1. The Morgan fingerprint density at radius 1 is 1.44 bits per heavy atom. The molecule has 1 fully saturated rings. The Morgan fingerprint density at radius 3 is 2.78 bits per heavy atom. The molecule has 0 saturated carbocycles. The lowest BCUT2D eigenvalue weighted by atomic mass is 10.1. The molecule has 1 rings (SSSR count). The molecule has 0 amide bonds. The topological polar surface area (TPSA) is 75.4 Å². The number of unbranched alkanes of at least 4 members (excludes halogenated alkanes) is 1. The monoisotopic (exact) mass is 277 g/mol. The summed E-state index contributed by atoms with van der Waals surface area (Å²) in [4.78, 5) is 0. The molecule has 0 aliphatic carbocycles. The number of hydrogen-bond donors (Lipinski definition) is 2. The van der Waals surface area contributed by atoms with E-state index in [1.165, 1.54) is 0 Å². The summed E-state index contributed by atoms with van der Waals surface area (Å²) in [6, 6.07) is -0.0371. The van der Waals surface area contributed by atoms with Crippen LogP contribution in [0.3, 0.4) is 0 Å². The zero-order chi connectivity index (χ0) is 13.6. The van der Waals surface area contributed by atoms with Gasteiger partial charge in [0.25, 0.3) is 10.2 Å². The second-order valence-electron chi connectivity index (χ2n) is 5.16. The van der Waals surface area contributed by atoms with E-state index in [1.54, 1.807) is 4.31 Å². The number of piperidine rings is 1. The predicted octanol–water partition coefficient (Wildman–Crippen LogP) is 1.21. The van der Waals surface area contributed by atoms with Gasteiger partial charge in [-0.3, -0.25) is 0 Å². The van der Waals surface area contributed by atoms with Gasteiger partial charge in [-0.15, -0.1) is 0 Å². The molecular weight excluding hydrogens is 250 g/mol. The van der Waals surface area contributed by atoms with Crippen molar-refractivity contribution in [3.05, 3.63) is 0 Å². The van der Waals surface area contributed by atoms with E-state index in [0.29, 0.717) is 13.1 Å². The molecule has 1 heterocycles. The van der Waals surface area contributed by atoms with Gasteiger partial charge in [0.15, 0.2) is 0 Å². The molecule has 2 unspecified atom stereocenters. The summed E-state index contributed by atoms with van der Waals surface area (Å²) in [7, 11) is -3.37. The van der Waals surface area contributed by atoms with Crippen molar-refractivity contribution < 1.29 is 8.42 Å². The van der Waals surface area contributed by atoms with Crippen molar-refractivity contribution in [2.24, 2.45) is 5.73 Å². The third-order valence-corrected chi connectivity index (χ3v) is 5.29. The third kappa shape index (κ3) is 4.50. The van der Waals surface area contributed by atoms with Crippen LogP contribution in [0.25, 0.3) is 0 Å². The van der Waals surface area contributed by atoms with E-state index in [4.69, 9.17) is 5.73 Å². The molecule has 1 aliphatic heterocycles. The summed E-state index contributed by atoms with van der Waals surface area (Å²) in [5, 5.41) is 0. The molecule has 0 aromatic rings. The van der Waals surface area contributed by atoms with Crippen molar-refractivity contribution in [1.29, 1.82) is 0 Å². The fraction of sp³-hybridized carbons (Fsp3) is 1.00. The highest BCUT2D eigenvalue weighted by Gasteiger charge is 2.31. The largest absolute Gasteiger partial charge is 0.329 e. The van der Waals surface area contributed by atoms with Gasteiger partial charge in [-0.25, -0.2) is 0 Å². The van der Waals surface area contributed by atoms with E-state index in [0.717, 1.165) is 38.5 Å². The molecular formula is C12H27N3O2S. The first-order valence-corrected chi connectivity index (χ1v) is 8.44. The quantitative estimate of drug-likeness (QED) is 0.734. The Morgan fingerprint density at radius 2 is 2.17 bits per heavy atom. The van der Waals surface area contributed by atoms with Crippen LogP contribution in [0.1, 0.15) is 52.4 Å². The van der Waals surface area contributed by atoms with Crippen molar-refractivity contribution in [2.75, 3.05) is 13.1 Å². The standard InChI is InChI=1S/C12H27N3O2S/c1-3-4-7-11(2)14-18(16,17)15-9-6-5-8-12(15)10-13/h11-12,14H,3-10,13H2,1-2H3. The summed E-state index contributed by atoms with van der Waals surface area (Å²) in [6.07, 6.45) is 5.89. The summed E-state index contributed by atoms with van der Waals surface area (Å²) >= 11 is 0. The Labute approximate surface area is 111 Å². The van der Waals surface area contributed by atoms with Crippen LogP contribution >= 0.6 is 0 Å². The second-order valence-corrected chi connectivity index (χ2v) is 6.82. The molecule has 0 aromatic heterocycles. The number of rotatable bonds is 7. The minimum absolute atomic E-state index is 0.00435. The number of hydrogen-bond acceptors (Lipinski definition) is 3. The van der Waals surface area contributed by atoms with Crippen LogP contribution in [-0.4, -0.2) is 37.9 Å². The zero-order valence-corrected chi connectivity index (χ0v) is 12.4. The maximum Gasteiger partial charge on any atom is 0.279 e. The van der Waals surface area contributed by atoms with Gasteiger partial charge in [0.05, 0.1) is 0 Å². The first-order valence-electron chi connectivity index (χ1n) is 7.00. The summed E-state index contributed by atoms with van der Waals surface area (Å²) in [5.74, 6) is 0. The highest BCUT2D eigenvalue weighted by atomic mass is 32.2. The summed E-state index contributed by atoms with van der Waals surface area (Å²) in [6.45, 7) is 5.03. The molecule has 5 nitrogen and oxygen atoms in total. The molecule has 3 N–H and O–H groups in total. The van der Waals surface area contributed by atoms with Crippen LogP contribution in [0.5, 0.6) is 0 Å². The Bertz CT molecular complexity index is 332. The minimum Gasteiger partial charge on any atom is -0.329 e. The van der Waals surface area contributed by atoms with Crippen molar-refractivity contribution in [3.63, 3.8) is 0 Å². The molecule has 0 aromatic carbocycles. The first kappa shape index (κ1) is 15.9. The highest BCUT2D eigenvalue weighted by Crippen LogP contribution is 2.19. The van der Waals surface area contributed by atoms with Crippen molar-refractivity contribution >= 4 is 10.2 Å². The molecule has 1 aliphatic rings. The lowest BCUT2D eigenvalue weighted by Gasteiger charge is -2.34. The van der Waals surface area contributed by atoms with Crippen LogP contribution in [-0.2, 0) is 10.2 Å². The first-order chi connectivity index (χ1) is 8.51. The van der Waals surface area contributed by atoms with E-state index in [9.17, 15) is 8.42 Å². The zero-order valence-electron chi connectivity index (χ0n) is 11.6. The molecule has 18 heavy (non-hydrogen) atoms. The minimum atomic E-state index is -3.37. The number of nitrogens with one attached hydrogen (secondary N) is 1. The van der Waals surface area contributed by atoms with Gasteiger partial charge >= 0.3 is 0 Å². The van der Waals surface area contributed by atoms with Crippen molar-refractivity contribution in [1.82, 2.24) is 9.03 Å². The van der Waals surface area contributed by atoms with Gasteiger partial charge in [-0.1, -0.05) is 26.2 Å². The number of nitrogens with zero attached hydrogens (tertiary/aromatic N) is 1. The Kier molecular flexibility index (Phi) is 6.55. The molecule has 0 spiro atoms. The fourth-order valence-electron chi connectivity index (χ4n) is 2.42. The molecule has 6 heteroatoms. The van der Waals surface area contributed by atoms with Crippen LogP contribution in [0.4, 0.5) is 0 Å². The normalized spacial score (nSPS) is 24.1. The van der Waals surface area contributed by atoms with Gasteiger partial charge in [0.1, 0.15) is 0 Å². The lowest BCUT2D eigenvalue weighted by Crippen LogP contribution is -2.53. The van der Waals surface area contributed by atoms with Gasteiger partial charge < -0.3 is 5.73 Å². The molecule has 1 saturated heterocycles. The highest BCUT2D eigenvalue weighted by molar-refractivity contribution is 7.87. The molecule has 0 radical (unpaired) electrons. The van der Waals surface area contributed by atoms with Crippen molar-refractivity contribution in [2.45, 2.75) is 64.5 Å². The third-order valence-electron chi connectivity index (χ3n) is 3.49. The lowest BCUT2D eigenvalue weighted by molar-refractivity contribution is 0.253. The summed E-state index contributed by atoms with van der Waals surface area (Å²) < 4.78 is 28.9. The maximum absolute atomic E-state index is 12.3. The SMILES string of the molecule is CCCCC(C)NS(=O)(=O)N1CCCCC1CN. The maximum atomic E-state index is 12.3. The Hall–Kier alpha value is -0.170. The molecule has 2 atom stereocenters. The molecule has 0 bridgehead atoms. The van der Waals surface area contributed by atoms with E-state index in [-0.39, 0.29) is 12.1 Å². The van der Waals surface area contributed by atoms with Crippen LogP contribution in [0.2, 0.25) is 0 Å². The predicted molar refractivity (Wildman–Crippen MR) is 74.4 cm³/mol. The smallest absolute Gasteiger partial charge is 0.279 e. The van der Waals surface area contributed by atoms with Gasteiger partial charge in [0, 0.05) is 25.2 Å². The van der Waals surface area contributed by atoms with E-state index in [2.05, 4.69) is 11.6 Å². The Balaban J connectivity index is 2.60. The van der Waals surface area contributed by atoms with E-state index >= 15 is 0 Å². The second kappa shape index (κ2) is 7.43. The van der Waals surface area contributed by atoms with E-state index < -0.39 is 10.2 Å². The van der Waals surface area contributed by atoms with Crippen LogP contribution in [0, 0.1) is 0 Å². The average Bonchev–Trinajstić information content (AvgIpc) is 2.35. The van der Waals surface area contributed by atoms with Crippen molar-refractivity contribution in [3.8, 4) is 0 Å². The fourth-order valence-corrected chi connectivity index (χ4v) is 4.13. The van der Waals surface area contributed by atoms with Crippen LogP contribution < -0.4 is 10.5 Å². The van der Waals surface area contributed by atoms with Crippen LogP contribution in [0.15, 0.2) is 0 Å². The van der Waals surface area contributed by atoms with Gasteiger partial charge in [0.2, 0.25) is 0 Å². The molecule has 108 valence electrons. The van der Waals surface area contributed by atoms with Gasteiger partial charge in [-0.05, 0) is 26.2 Å². The van der Waals surface area contributed by atoms with Gasteiger partial charge in [-0.2, -0.15) is 17.4 Å². The summed E-state index contributed by atoms with van der Waals surface area (Å²) in [5.41, 5.74) is 5.67. The average molecular weight is 277 g/mol.